The van der Waals surface area contributed by atoms with Crippen molar-refractivity contribution >= 4 is 17.6 Å². The van der Waals surface area contributed by atoms with Gasteiger partial charge in [0.05, 0.1) is 0 Å². The minimum atomic E-state index is -1.09. The van der Waals surface area contributed by atoms with Gasteiger partial charge in [0.2, 0.25) is 5.76 Å². The average molecular weight is 309 g/mol. The molecule has 0 saturated heterocycles. The van der Waals surface area contributed by atoms with Crippen LogP contribution < -0.4 is 4.74 Å². The van der Waals surface area contributed by atoms with Gasteiger partial charge in [-0.05, 0) is 48.2 Å². The number of carbonyl (C=O) groups is 1. The van der Waals surface area contributed by atoms with Gasteiger partial charge in [0.15, 0.2) is 0 Å². The predicted molar refractivity (Wildman–Crippen MR) is 80.3 cm³/mol. The molecule has 2 aromatic rings. The second-order valence-electron chi connectivity index (χ2n) is 5.15. The molecular weight excluding hydrogens is 292 g/mol. The predicted octanol–water partition coefficient (Wildman–Crippen LogP) is 4.64. The number of carboxylic acid groups (broad SMARTS) is 1. The van der Waals surface area contributed by atoms with Gasteiger partial charge in [0.25, 0.3) is 0 Å². The van der Waals surface area contributed by atoms with E-state index in [0.29, 0.717) is 11.7 Å². The standard InChI is InChI=1S/C16H17ClO4/c1-9(2)12-7-15(10(3)6-13(12)17)20-8-11-4-5-14(21-11)16(18)19/h4-7,9H,8H2,1-3H3,(H,18,19). The molecule has 0 fully saturated rings. The van der Waals surface area contributed by atoms with Crippen LogP contribution in [0.25, 0.3) is 0 Å². The zero-order valence-corrected chi connectivity index (χ0v) is 12.9. The number of halogens is 1. The first-order valence-electron chi connectivity index (χ1n) is 6.63. The largest absolute Gasteiger partial charge is 0.485 e. The Morgan fingerprint density at radius 1 is 1.38 bits per heavy atom. The number of carboxylic acids is 1. The summed E-state index contributed by atoms with van der Waals surface area (Å²) < 4.78 is 10.9. The SMILES string of the molecule is Cc1cc(Cl)c(C(C)C)cc1OCc1ccc(C(=O)O)o1. The fourth-order valence-corrected chi connectivity index (χ4v) is 2.42. The molecule has 1 heterocycles. The number of hydrogen-bond acceptors (Lipinski definition) is 3. The Morgan fingerprint density at radius 3 is 2.67 bits per heavy atom. The maximum absolute atomic E-state index is 10.8. The van der Waals surface area contributed by atoms with Crippen LogP contribution in [0.2, 0.25) is 5.02 Å². The number of aromatic carboxylic acids is 1. The van der Waals surface area contributed by atoms with Crippen molar-refractivity contribution in [3.05, 3.63) is 51.9 Å². The molecule has 0 atom stereocenters. The Kier molecular flexibility index (Phi) is 4.58. The van der Waals surface area contributed by atoms with E-state index >= 15 is 0 Å². The van der Waals surface area contributed by atoms with Gasteiger partial charge in [0.1, 0.15) is 18.1 Å². The van der Waals surface area contributed by atoms with E-state index in [1.165, 1.54) is 6.07 Å². The van der Waals surface area contributed by atoms with E-state index in [1.807, 2.05) is 19.1 Å². The second-order valence-corrected chi connectivity index (χ2v) is 5.56. The lowest BCUT2D eigenvalue weighted by atomic mass is 10.0. The highest BCUT2D eigenvalue weighted by atomic mass is 35.5. The fraction of sp³-hybridized carbons (Fsp3) is 0.312. The number of aryl methyl sites for hydroxylation is 1. The number of ether oxygens (including phenoxy) is 1. The zero-order chi connectivity index (χ0) is 15.6. The van der Waals surface area contributed by atoms with Crippen LogP contribution in [0.4, 0.5) is 0 Å². The summed E-state index contributed by atoms with van der Waals surface area (Å²) in [5, 5.41) is 9.53. The van der Waals surface area contributed by atoms with E-state index in [0.717, 1.165) is 21.9 Å². The van der Waals surface area contributed by atoms with Crippen LogP contribution in [-0.4, -0.2) is 11.1 Å². The Balaban J connectivity index is 2.15. The second kappa shape index (κ2) is 6.22. The number of furan rings is 1. The molecule has 112 valence electrons. The van der Waals surface area contributed by atoms with E-state index in [-0.39, 0.29) is 12.4 Å². The van der Waals surface area contributed by atoms with Gasteiger partial charge >= 0.3 is 5.97 Å². The summed E-state index contributed by atoms with van der Waals surface area (Å²) in [4.78, 5) is 10.8. The first-order chi connectivity index (χ1) is 9.88. The third kappa shape index (κ3) is 3.58. The molecule has 5 heteroatoms. The van der Waals surface area contributed by atoms with Gasteiger partial charge in [-0.15, -0.1) is 0 Å². The third-order valence-corrected chi connectivity index (χ3v) is 3.49. The Hall–Kier alpha value is -1.94. The van der Waals surface area contributed by atoms with Gasteiger partial charge in [-0.1, -0.05) is 25.4 Å². The summed E-state index contributed by atoms with van der Waals surface area (Å²) in [5.41, 5.74) is 1.94. The third-order valence-electron chi connectivity index (χ3n) is 3.16. The first kappa shape index (κ1) is 15.4. The highest BCUT2D eigenvalue weighted by Gasteiger charge is 2.12. The van der Waals surface area contributed by atoms with Gasteiger partial charge in [-0.25, -0.2) is 4.79 Å². The monoisotopic (exact) mass is 308 g/mol. The molecule has 21 heavy (non-hydrogen) atoms. The minimum Gasteiger partial charge on any atom is -0.485 e. The van der Waals surface area contributed by atoms with Crippen molar-refractivity contribution in [1.82, 2.24) is 0 Å². The molecule has 0 aliphatic carbocycles. The Morgan fingerprint density at radius 2 is 2.10 bits per heavy atom. The van der Waals surface area contributed by atoms with Crippen LogP contribution in [0.15, 0.2) is 28.7 Å². The number of rotatable bonds is 5. The van der Waals surface area contributed by atoms with Gasteiger partial charge < -0.3 is 14.3 Å². The van der Waals surface area contributed by atoms with E-state index in [9.17, 15) is 4.79 Å². The summed E-state index contributed by atoms with van der Waals surface area (Å²) in [5.74, 6) is 0.294. The minimum absolute atomic E-state index is 0.0932. The van der Waals surface area contributed by atoms with Crippen LogP contribution in [0, 0.1) is 6.92 Å². The van der Waals surface area contributed by atoms with Crippen molar-refractivity contribution < 1.29 is 19.1 Å². The molecule has 4 nitrogen and oxygen atoms in total. The normalized spacial score (nSPS) is 10.9. The van der Waals surface area contributed by atoms with Crippen molar-refractivity contribution in [2.75, 3.05) is 0 Å². The molecule has 0 unspecified atom stereocenters. The summed E-state index contributed by atoms with van der Waals surface area (Å²) in [7, 11) is 0. The van der Waals surface area contributed by atoms with Gasteiger partial charge in [0, 0.05) is 5.02 Å². The summed E-state index contributed by atoms with van der Waals surface area (Å²) in [6, 6.07) is 6.80. The quantitative estimate of drug-likeness (QED) is 0.874. The summed E-state index contributed by atoms with van der Waals surface area (Å²) in [6.07, 6.45) is 0. The summed E-state index contributed by atoms with van der Waals surface area (Å²) in [6.45, 7) is 6.21. The smallest absolute Gasteiger partial charge is 0.371 e. The lowest BCUT2D eigenvalue weighted by Crippen LogP contribution is -1.99. The maximum Gasteiger partial charge on any atom is 0.371 e. The van der Waals surface area contributed by atoms with Crippen molar-refractivity contribution in [3.8, 4) is 5.75 Å². The highest BCUT2D eigenvalue weighted by molar-refractivity contribution is 6.31. The molecule has 0 saturated carbocycles. The highest BCUT2D eigenvalue weighted by Crippen LogP contribution is 2.31. The van der Waals surface area contributed by atoms with Gasteiger partial charge in [-0.2, -0.15) is 0 Å². The maximum atomic E-state index is 10.8. The first-order valence-corrected chi connectivity index (χ1v) is 7.01. The molecule has 0 aliphatic rings. The summed E-state index contributed by atoms with van der Waals surface area (Å²) >= 11 is 6.21. The lowest BCUT2D eigenvalue weighted by Gasteiger charge is -2.14. The number of benzene rings is 1. The molecule has 0 bridgehead atoms. The van der Waals surface area contributed by atoms with E-state index in [4.69, 9.17) is 25.9 Å². The molecule has 1 N–H and O–H groups in total. The Labute approximate surface area is 128 Å². The van der Waals surface area contributed by atoms with Crippen LogP contribution in [-0.2, 0) is 6.61 Å². The molecule has 0 amide bonds. The lowest BCUT2D eigenvalue weighted by molar-refractivity contribution is 0.0658. The van der Waals surface area contributed by atoms with Crippen LogP contribution in [0.1, 0.15) is 47.2 Å². The fourth-order valence-electron chi connectivity index (χ4n) is 1.99. The van der Waals surface area contributed by atoms with Crippen molar-refractivity contribution in [3.63, 3.8) is 0 Å². The van der Waals surface area contributed by atoms with E-state index in [2.05, 4.69) is 13.8 Å². The molecule has 1 aromatic heterocycles. The van der Waals surface area contributed by atoms with Crippen LogP contribution in [0.3, 0.4) is 0 Å². The average Bonchev–Trinajstić information content (AvgIpc) is 2.86. The van der Waals surface area contributed by atoms with Crippen molar-refractivity contribution in [2.24, 2.45) is 0 Å². The van der Waals surface area contributed by atoms with E-state index < -0.39 is 5.97 Å². The molecule has 2 rings (SSSR count). The number of hydrogen-bond donors (Lipinski definition) is 1. The zero-order valence-electron chi connectivity index (χ0n) is 12.1. The molecule has 0 spiro atoms. The van der Waals surface area contributed by atoms with E-state index in [1.54, 1.807) is 6.07 Å². The molecule has 0 aliphatic heterocycles. The Bertz CT molecular complexity index is 658. The van der Waals surface area contributed by atoms with Crippen molar-refractivity contribution in [2.45, 2.75) is 33.3 Å². The van der Waals surface area contributed by atoms with Crippen LogP contribution >= 0.6 is 11.6 Å². The topological polar surface area (TPSA) is 59.7 Å². The van der Waals surface area contributed by atoms with Gasteiger partial charge in [-0.3, -0.25) is 0 Å². The van der Waals surface area contributed by atoms with Crippen molar-refractivity contribution in [1.29, 1.82) is 0 Å². The molecule has 1 aromatic carbocycles. The molecular formula is C16H17ClO4. The van der Waals surface area contributed by atoms with Crippen LogP contribution in [0.5, 0.6) is 5.75 Å². The molecule has 0 radical (unpaired) electrons.